The smallest absolute Gasteiger partial charge is 0.330 e. The van der Waals surface area contributed by atoms with Crippen molar-refractivity contribution in [2.75, 3.05) is 20.6 Å². The number of rotatable bonds is 15. The lowest BCUT2D eigenvalue weighted by molar-refractivity contribution is -0.140. The molecule has 0 spiro atoms. The second-order valence-electron chi connectivity index (χ2n) is 10.2. The van der Waals surface area contributed by atoms with E-state index in [0.29, 0.717) is 18.4 Å². The molecule has 0 aliphatic rings. The van der Waals surface area contributed by atoms with Crippen molar-refractivity contribution >= 4 is 29.3 Å². The third-order valence-corrected chi connectivity index (χ3v) is 6.04. The summed E-state index contributed by atoms with van der Waals surface area (Å²) in [7, 11) is 3.51. The van der Waals surface area contributed by atoms with Crippen LogP contribution in [0.3, 0.4) is 0 Å². The highest BCUT2D eigenvalue weighted by Gasteiger charge is 2.31. The van der Waals surface area contributed by atoms with Crippen LogP contribution in [-0.2, 0) is 25.6 Å². The molecule has 39 heavy (non-hydrogen) atoms. The molecule has 0 saturated heterocycles. The number of carbonyl (C=O) groups excluding carboxylic acids is 3. The molecule has 0 aliphatic carbocycles. The Morgan fingerprint density at radius 3 is 1.95 bits per heavy atom. The van der Waals surface area contributed by atoms with E-state index in [1.165, 1.54) is 0 Å². The fraction of sp³-hybridized carbons (Fsp3) is 0.400. The molecule has 0 saturated carbocycles. The number of carbonyl (C=O) groups is 4. The number of benzene rings is 2. The number of aliphatic carboxylic acids is 1. The zero-order valence-corrected chi connectivity index (χ0v) is 23.1. The molecule has 0 aromatic heterocycles. The normalized spacial score (nSPS) is 13.3. The summed E-state index contributed by atoms with van der Waals surface area (Å²) in [4.78, 5) is 53.0. The first kappa shape index (κ1) is 31.2. The predicted octanol–water partition coefficient (Wildman–Crippen LogP) is 2.48. The van der Waals surface area contributed by atoms with Crippen molar-refractivity contribution < 1.29 is 24.3 Å². The Bertz CT molecular complexity index is 1120. The molecule has 3 atom stereocenters. The highest BCUT2D eigenvalue weighted by Crippen LogP contribution is 2.17. The van der Waals surface area contributed by atoms with Gasteiger partial charge in [0.25, 0.3) is 0 Å². The number of carboxylic acids is 1. The summed E-state index contributed by atoms with van der Waals surface area (Å²) in [5.41, 5.74) is 1.82. The van der Waals surface area contributed by atoms with E-state index in [9.17, 15) is 24.3 Å². The fourth-order valence-corrected chi connectivity index (χ4v) is 4.09. The average Bonchev–Trinajstić information content (AvgIpc) is 2.88. The topological polar surface area (TPSA) is 128 Å². The first-order valence-electron chi connectivity index (χ1n) is 13.0. The van der Waals surface area contributed by atoms with Gasteiger partial charge in [-0.2, -0.15) is 0 Å². The van der Waals surface area contributed by atoms with Crippen molar-refractivity contribution in [1.29, 1.82) is 0 Å². The van der Waals surface area contributed by atoms with Crippen molar-refractivity contribution in [3.8, 4) is 0 Å². The van der Waals surface area contributed by atoms with Gasteiger partial charge in [0.15, 0.2) is 6.04 Å². The molecule has 0 bridgehead atoms. The van der Waals surface area contributed by atoms with Crippen LogP contribution in [0.25, 0.3) is 5.57 Å². The van der Waals surface area contributed by atoms with Crippen LogP contribution in [0.1, 0.15) is 37.8 Å². The second-order valence-corrected chi connectivity index (χ2v) is 10.2. The van der Waals surface area contributed by atoms with Gasteiger partial charge in [-0.15, -0.1) is 0 Å². The molecule has 0 heterocycles. The first-order chi connectivity index (χ1) is 18.5. The number of carboxylic acid groups (broad SMARTS) is 1. The Hall–Kier alpha value is -3.98. The highest BCUT2D eigenvalue weighted by atomic mass is 16.4. The average molecular weight is 537 g/mol. The van der Waals surface area contributed by atoms with E-state index in [0.717, 1.165) is 5.56 Å². The number of hydrogen-bond acceptors (Lipinski definition) is 5. The zero-order chi connectivity index (χ0) is 28.9. The Kier molecular flexibility index (Phi) is 12.4. The third kappa shape index (κ3) is 10.7. The minimum absolute atomic E-state index is 0.0211. The quantitative estimate of drug-likeness (QED) is 0.277. The molecule has 9 nitrogen and oxygen atoms in total. The highest BCUT2D eigenvalue weighted by molar-refractivity contribution is 5.98. The second kappa shape index (κ2) is 15.4. The van der Waals surface area contributed by atoms with Crippen LogP contribution in [0.2, 0.25) is 0 Å². The Morgan fingerprint density at radius 2 is 1.41 bits per heavy atom. The number of amides is 3. The van der Waals surface area contributed by atoms with Crippen LogP contribution >= 0.6 is 0 Å². The summed E-state index contributed by atoms with van der Waals surface area (Å²) in [6.07, 6.45) is 1.15. The first-order valence-corrected chi connectivity index (χ1v) is 13.0. The SMILES string of the molecule is C=C(c1ccccc1)[C@H](NC(=O)[C@H](CC(C)C)NC(=O)[C@H](CCc1ccccc1)NC(=O)CN(C)C)C(=O)O. The molecule has 2 aromatic rings. The third-order valence-electron chi connectivity index (χ3n) is 6.04. The molecule has 0 fully saturated rings. The standard InChI is InChI=1S/C30H40N4O5/c1-20(2)18-25(29(37)33-27(30(38)39)21(3)23-14-10-7-11-15-23)32-28(36)24(31-26(35)19-34(4)5)17-16-22-12-8-6-9-13-22/h6-15,20,24-25,27H,3,16-19H2,1-2,4-5H3,(H,31,35)(H,32,36)(H,33,37)(H,38,39)/t24-,25-,27-/m0/s1. The van der Waals surface area contributed by atoms with Crippen molar-refractivity contribution in [3.63, 3.8) is 0 Å². The molecule has 210 valence electrons. The lowest BCUT2D eigenvalue weighted by atomic mass is 9.98. The van der Waals surface area contributed by atoms with Crippen molar-refractivity contribution in [2.45, 2.75) is 51.2 Å². The Morgan fingerprint density at radius 1 is 0.846 bits per heavy atom. The van der Waals surface area contributed by atoms with Crippen LogP contribution < -0.4 is 16.0 Å². The Balaban J connectivity index is 2.20. The van der Waals surface area contributed by atoms with E-state index in [4.69, 9.17) is 0 Å². The predicted molar refractivity (Wildman–Crippen MR) is 152 cm³/mol. The van der Waals surface area contributed by atoms with E-state index in [-0.39, 0.29) is 30.4 Å². The van der Waals surface area contributed by atoms with Gasteiger partial charge in [-0.1, -0.05) is 81.1 Å². The molecule has 0 unspecified atom stereocenters. The number of nitrogens with zero attached hydrogens (tertiary/aromatic N) is 1. The lowest BCUT2D eigenvalue weighted by Gasteiger charge is -2.26. The van der Waals surface area contributed by atoms with Gasteiger partial charge < -0.3 is 26.0 Å². The number of nitrogens with one attached hydrogen (secondary N) is 3. The molecule has 0 aliphatic heterocycles. The molecule has 4 N–H and O–H groups in total. The van der Waals surface area contributed by atoms with Crippen LogP contribution in [0.4, 0.5) is 0 Å². The monoisotopic (exact) mass is 536 g/mol. The fourth-order valence-electron chi connectivity index (χ4n) is 4.09. The minimum atomic E-state index is -1.37. The van der Waals surface area contributed by atoms with Crippen LogP contribution in [-0.4, -0.2) is 72.5 Å². The van der Waals surface area contributed by atoms with Gasteiger partial charge in [0.05, 0.1) is 6.54 Å². The maximum Gasteiger partial charge on any atom is 0.330 e. The number of aryl methyl sites for hydroxylation is 1. The molecule has 3 amide bonds. The molecule has 2 rings (SSSR count). The van der Waals surface area contributed by atoms with Gasteiger partial charge in [-0.3, -0.25) is 14.4 Å². The van der Waals surface area contributed by atoms with Crippen molar-refractivity contribution in [1.82, 2.24) is 20.9 Å². The van der Waals surface area contributed by atoms with Crippen LogP contribution in [0.5, 0.6) is 0 Å². The summed E-state index contributed by atoms with van der Waals surface area (Å²) >= 11 is 0. The van der Waals surface area contributed by atoms with E-state index in [1.807, 2.05) is 44.2 Å². The van der Waals surface area contributed by atoms with E-state index < -0.39 is 35.9 Å². The molecule has 9 heteroatoms. The van der Waals surface area contributed by atoms with E-state index >= 15 is 0 Å². The summed E-state index contributed by atoms with van der Waals surface area (Å²) < 4.78 is 0. The van der Waals surface area contributed by atoms with Gasteiger partial charge in [0.1, 0.15) is 12.1 Å². The lowest BCUT2D eigenvalue weighted by Crippen LogP contribution is -2.56. The van der Waals surface area contributed by atoms with Crippen LogP contribution in [0, 0.1) is 5.92 Å². The molecule has 0 radical (unpaired) electrons. The zero-order valence-electron chi connectivity index (χ0n) is 23.1. The molecular weight excluding hydrogens is 496 g/mol. The molecular formula is C30H40N4O5. The minimum Gasteiger partial charge on any atom is -0.479 e. The summed E-state index contributed by atoms with van der Waals surface area (Å²) in [6, 6.07) is 15.1. The summed E-state index contributed by atoms with van der Waals surface area (Å²) in [6.45, 7) is 7.79. The van der Waals surface area contributed by atoms with Gasteiger partial charge in [0.2, 0.25) is 17.7 Å². The van der Waals surface area contributed by atoms with Crippen molar-refractivity contribution in [2.24, 2.45) is 5.92 Å². The number of hydrogen-bond donors (Lipinski definition) is 4. The largest absolute Gasteiger partial charge is 0.479 e. The maximum absolute atomic E-state index is 13.4. The summed E-state index contributed by atoms with van der Waals surface area (Å²) in [5.74, 6) is -2.70. The van der Waals surface area contributed by atoms with Gasteiger partial charge in [-0.05, 0) is 56.0 Å². The number of likely N-dealkylation sites (N-methyl/N-ethyl adjacent to an activating group) is 1. The van der Waals surface area contributed by atoms with Gasteiger partial charge >= 0.3 is 5.97 Å². The van der Waals surface area contributed by atoms with E-state index in [2.05, 4.69) is 22.5 Å². The van der Waals surface area contributed by atoms with E-state index in [1.54, 1.807) is 49.3 Å². The maximum atomic E-state index is 13.4. The summed E-state index contributed by atoms with van der Waals surface area (Å²) in [5, 5.41) is 17.9. The van der Waals surface area contributed by atoms with Crippen LogP contribution in [0.15, 0.2) is 67.2 Å². The van der Waals surface area contributed by atoms with Crippen molar-refractivity contribution in [3.05, 3.63) is 78.4 Å². The molecule has 2 aromatic carbocycles. The van der Waals surface area contributed by atoms with Gasteiger partial charge in [-0.25, -0.2) is 4.79 Å². The van der Waals surface area contributed by atoms with Gasteiger partial charge in [0, 0.05) is 0 Å². The Labute approximate surface area is 230 Å².